The third-order valence-electron chi connectivity index (χ3n) is 4.62. The molecule has 1 aliphatic heterocycles. The monoisotopic (exact) mass is 380 g/mol. The number of nitrogens with two attached hydrogens (primary N) is 1. The molecule has 6 nitrogen and oxygen atoms in total. The zero-order chi connectivity index (χ0) is 20.0. The Bertz CT molecular complexity index is 849. The Balaban J connectivity index is 1.91. The van der Waals surface area contributed by atoms with Crippen LogP contribution in [0.1, 0.15) is 30.1 Å². The molecule has 2 aromatic carbocycles. The standard InChI is InChI=1S/C22H24N2O4/c1-2-13-22(21(23)26)19(16-7-4-3-5-8-16)28-20(24-22)17-9-11-18(12-10-17)27-15-6-14-25/h2-5,7-12,19,25H,1,6,13-15H2,(H2,23,26)/t19-,22-/m1/s1. The van der Waals surface area contributed by atoms with Crippen LogP contribution in [-0.2, 0) is 9.53 Å². The molecular weight excluding hydrogens is 356 g/mol. The van der Waals surface area contributed by atoms with Crippen LogP contribution in [0.15, 0.2) is 72.2 Å². The van der Waals surface area contributed by atoms with E-state index in [2.05, 4.69) is 11.6 Å². The van der Waals surface area contributed by atoms with Gasteiger partial charge in [0.05, 0.1) is 6.61 Å². The van der Waals surface area contributed by atoms with Crippen LogP contribution in [0.25, 0.3) is 0 Å². The second-order valence-electron chi connectivity index (χ2n) is 6.56. The molecule has 0 saturated heterocycles. The van der Waals surface area contributed by atoms with Gasteiger partial charge in [-0.15, -0.1) is 6.58 Å². The molecule has 1 heterocycles. The summed E-state index contributed by atoms with van der Waals surface area (Å²) in [5.74, 6) is 0.485. The highest BCUT2D eigenvalue weighted by Gasteiger charge is 2.51. The minimum Gasteiger partial charge on any atom is -0.494 e. The molecular formula is C22H24N2O4. The number of benzene rings is 2. The highest BCUT2D eigenvalue weighted by atomic mass is 16.5. The van der Waals surface area contributed by atoms with Gasteiger partial charge in [0.15, 0.2) is 11.6 Å². The predicted octanol–water partition coefficient (Wildman–Crippen LogP) is 2.77. The van der Waals surface area contributed by atoms with Crippen LogP contribution in [0.2, 0.25) is 0 Å². The van der Waals surface area contributed by atoms with Crippen LogP contribution >= 0.6 is 0 Å². The maximum absolute atomic E-state index is 12.4. The topological polar surface area (TPSA) is 94.1 Å². The Morgan fingerprint density at radius 1 is 1.25 bits per heavy atom. The first-order valence-corrected chi connectivity index (χ1v) is 9.17. The second kappa shape index (κ2) is 8.71. The van der Waals surface area contributed by atoms with Gasteiger partial charge in [0.2, 0.25) is 11.8 Å². The maximum atomic E-state index is 12.4. The van der Waals surface area contributed by atoms with Crippen molar-refractivity contribution in [2.75, 3.05) is 13.2 Å². The van der Waals surface area contributed by atoms with Gasteiger partial charge in [-0.25, -0.2) is 4.99 Å². The fraction of sp³-hybridized carbons (Fsp3) is 0.273. The van der Waals surface area contributed by atoms with Crippen molar-refractivity contribution in [3.8, 4) is 5.75 Å². The lowest BCUT2D eigenvalue weighted by Gasteiger charge is -2.27. The molecule has 0 fully saturated rings. The lowest BCUT2D eigenvalue weighted by molar-refractivity contribution is -0.125. The molecule has 1 amide bonds. The van der Waals surface area contributed by atoms with E-state index in [0.29, 0.717) is 24.7 Å². The number of rotatable bonds is 9. The lowest BCUT2D eigenvalue weighted by Crippen LogP contribution is -2.45. The third kappa shape index (κ3) is 3.92. The number of aliphatic hydroxyl groups excluding tert-OH is 1. The molecule has 6 heteroatoms. The van der Waals surface area contributed by atoms with E-state index < -0.39 is 17.6 Å². The number of carbonyl (C=O) groups is 1. The summed E-state index contributed by atoms with van der Waals surface area (Å²) in [5, 5.41) is 8.83. The number of nitrogens with zero attached hydrogens (tertiary/aromatic N) is 1. The van der Waals surface area contributed by atoms with Crippen LogP contribution in [0.4, 0.5) is 0 Å². The first kappa shape index (κ1) is 19.6. The highest BCUT2D eigenvalue weighted by molar-refractivity contribution is 6.00. The van der Waals surface area contributed by atoms with Gasteiger partial charge in [-0.2, -0.15) is 0 Å². The van der Waals surface area contributed by atoms with E-state index >= 15 is 0 Å². The Morgan fingerprint density at radius 2 is 1.96 bits per heavy atom. The number of ether oxygens (including phenoxy) is 2. The van der Waals surface area contributed by atoms with Crippen LogP contribution < -0.4 is 10.5 Å². The Hall–Kier alpha value is -3.12. The smallest absolute Gasteiger partial charge is 0.250 e. The van der Waals surface area contributed by atoms with Crippen LogP contribution in [0.3, 0.4) is 0 Å². The molecule has 1 aliphatic rings. The molecule has 0 bridgehead atoms. The number of aliphatic imine (C=N–C) groups is 1. The molecule has 0 unspecified atom stereocenters. The number of hydrogen-bond donors (Lipinski definition) is 2. The zero-order valence-electron chi connectivity index (χ0n) is 15.6. The Morgan fingerprint density at radius 3 is 2.57 bits per heavy atom. The summed E-state index contributed by atoms with van der Waals surface area (Å²) in [6.07, 6.45) is 1.85. The Labute approximate surface area is 164 Å². The third-order valence-corrected chi connectivity index (χ3v) is 4.62. The first-order chi connectivity index (χ1) is 13.6. The van der Waals surface area contributed by atoms with Crippen LogP contribution in [0.5, 0.6) is 5.75 Å². The van der Waals surface area contributed by atoms with Crippen molar-refractivity contribution in [2.24, 2.45) is 10.7 Å². The van der Waals surface area contributed by atoms with Gasteiger partial charge in [0.25, 0.3) is 0 Å². The summed E-state index contributed by atoms with van der Waals surface area (Å²) in [5.41, 5.74) is 6.07. The van der Waals surface area contributed by atoms with Crippen molar-refractivity contribution in [3.05, 3.63) is 78.4 Å². The summed E-state index contributed by atoms with van der Waals surface area (Å²) in [7, 11) is 0. The largest absolute Gasteiger partial charge is 0.494 e. The summed E-state index contributed by atoms with van der Waals surface area (Å²) in [4.78, 5) is 17.0. The highest BCUT2D eigenvalue weighted by Crippen LogP contribution is 2.42. The van der Waals surface area contributed by atoms with E-state index in [4.69, 9.17) is 20.3 Å². The predicted molar refractivity (Wildman–Crippen MR) is 107 cm³/mol. The average Bonchev–Trinajstić information content (AvgIpc) is 3.11. The van der Waals surface area contributed by atoms with E-state index in [1.807, 2.05) is 42.5 Å². The van der Waals surface area contributed by atoms with Gasteiger partial charge in [-0.05, 0) is 29.8 Å². The lowest BCUT2D eigenvalue weighted by atomic mass is 9.85. The van der Waals surface area contributed by atoms with Gasteiger partial charge in [0, 0.05) is 25.0 Å². The van der Waals surface area contributed by atoms with Crippen LogP contribution in [0, 0.1) is 0 Å². The van der Waals surface area contributed by atoms with Crippen molar-refractivity contribution in [3.63, 3.8) is 0 Å². The van der Waals surface area contributed by atoms with E-state index in [0.717, 1.165) is 11.1 Å². The second-order valence-corrected chi connectivity index (χ2v) is 6.56. The molecule has 146 valence electrons. The summed E-state index contributed by atoms with van der Waals surface area (Å²) >= 11 is 0. The molecule has 0 spiro atoms. The van der Waals surface area contributed by atoms with Gasteiger partial charge >= 0.3 is 0 Å². The van der Waals surface area contributed by atoms with Crippen molar-refractivity contribution >= 4 is 11.8 Å². The molecule has 3 N–H and O–H groups in total. The number of primary amides is 1. The van der Waals surface area contributed by atoms with Gasteiger partial charge in [0.1, 0.15) is 5.75 Å². The Kier molecular flexibility index (Phi) is 6.11. The van der Waals surface area contributed by atoms with Crippen molar-refractivity contribution in [2.45, 2.75) is 24.5 Å². The molecule has 2 aromatic rings. The van der Waals surface area contributed by atoms with Crippen molar-refractivity contribution < 1.29 is 19.4 Å². The zero-order valence-corrected chi connectivity index (χ0v) is 15.6. The number of carbonyl (C=O) groups excluding carboxylic acids is 1. The molecule has 0 aromatic heterocycles. The van der Waals surface area contributed by atoms with E-state index in [1.54, 1.807) is 18.2 Å². The quantitative estimate of drug-likeness (QED) is 0.517. The molecule has 0 radical (unpaired) electrons. The van der Waals surface area contributed by atoms with E-state index in [-0.39, 0.29) is 13.0 Å². The number of hydrogen-bond acceptors (Lipinski definition) is 5. The molecule has 2 atom stereocenters. The van der Waals surface area contributed by atoms with Gasteiger partial charge < -0.3 is 20.3 Å². The number of amides is 1. The minimum absolute atomic E-state index is 0.0854. The summed E-state index contributed by atoms with van der Waals surface area (Å²) in [6, 6.07) is 16.7. The van der Waals surface area contributed by atoms with E-state index in [9.17, 15) is 4.79 Å². The van der Waals surface area contributed by atoms with Gasteiger partial charge in [-0.3, -0.25) is 4.79 Å². The maximum Gasteiger partial charge on any atom is 0.250 e. The fourth-order valence-electron chi connectivity index (χ4n) is 3.19. The first-order valence-electron chi connectivity index (χ1n) is 9.17. The van der Waals surface area contributed by atoms with Gasteiger partial charge in [-0.1, -0.05) is 36.4 Å². The molecule has 0 aliphatic carbocycles. The molecule has 28 heavy (non-hydrogen) atoms. The van der Waals surface area contributed by atoms with Crippen molar-refractivity contribution in [1.82, 2.24) is 0 Å². The average molecular weight is 380 g/mol. The van der Waals surface area contributed by atoms with Crippen molar-refractivity contribution in [1.29, 1.82) is 0 Å². The minimum atomic E-state index is -1.24. The molecule has 3 rings (SSSR count). The van der Waals surface area contributed by atoms with Crippen LogP contribution in [-0.4, -0.2) is 35.7 Å². The SMILES string of the molecule is C=CC[C@@]1(C(N)=O)N=C(c2ccc(OCCCO)cc2)O[C@@H]1c1ccccc1. The van der Waals surface area contributed by atoms with E-state index in [1.165, 1.54) is 0 Å². The summed E-state index contributed by atoms with van der Waals surface area (Å²) in [6.45, 7) is 4.28. The summed E-state index contributed by atoms with van der Waals surface area (Å²) < 4.78 is 11.7. The molecule has 0 saturated carbocycles. The normalized spacial score (nSPS) is 20.9. The number of aliphatic hydroxyl groups is 1. The fourth-order valence-corrected chi connectivity index (χ4v) is 3.19.